The van der Waals surface area contributed by atoms with Crippen LogP contribution in [-0.2, 0) is 16.6 Å². The predicted octanol–water partition coefficient (Wildman–Crippen LogP) is 2.49. The van der Waals surface area contributed by atoms with Gasteiger partial charge in [0.25, 0.3) is 0 Å². The van der Waals surface area contributed by atoms with Crippen molar-refractivity contribution in [3.05, 3.63) is 17.0 Å². The Kier molecular flexibility index (Phi) is 6.28. The minimum atomic E-state index is -3.43. The molecule has 6 heteroatoms. The lowest BCUT2D eigenvalue weighted by molar-refractivity contribution is 0.285. The number of sulfonamides is 1. The number of aliphatic hydroxyl groups is 1. The molecule has 1 aromatic rings. The van der Waals surface area contributed by atoms with E-state index in [1.807, 2.05) is 6.92 Å². The zero-order valence-electron chi connectivity index (χ0n) is 10.8. The fourth-order valence-electron chi connectivity index (χ4n) is 1.67. The van der Waals surface area contributed by atoms with Crippen LogP contribution in [0.25, 0.3) is 0 Å². The van der Waals surface area contributed by atoms with E-state index >= 15 is 0 Å². The first-order valence-electron chi connectivity index (χ1n) is 6.21. The lowest BCUT2D eigenvalue weighted by Gasteiger charge is -2.12. The molecule has 104 valence electrons. The van der Waals surface area contributed by atoms with Crippen LogP contribution in [0.15, 0.2) is 16.3 Å². The van der Waals surface area contributed by atoms with Gasteiger partial charge in [0.1, 0.15) is 4.21 Å². The van der Waals surface area contributed by atoms with Gasteiger partial charge in [0.05, 0.1) is 6.61 Å². The minimum absolute atomic E-state index is 0.0544. The molecule has 0 bridgehead atoms. The van der Waals surface area contributed by atoms with Crippen molar-refractivity contribution < 1.29 is 13.5 Å². The van der Waals surface area contributed by atoms with E-state index in [2.05, 4.69) is 11.6 Å². The molecule has 18 heavy (non-hydrogen) atoms. The third-order valence-corrected chi connectivity index (χ3v) is 5.81. The summed E-state index contributed by atoms with van der Waals surface area (Å²) in [6.07, 6.45) is 4.14. The van der Waals surface area contributed by atoms with E-state index in [-0.39, 0.29) is 16.9 Å². The van der Waals surface area contributed by atoms with Gasteiger partial charge in [-0.2, -0.15) is 0 Å². The number of aliphatic hydroxyl groups excluding tert-OH is 1. The van der Waals surface area contributed by atoms with Gasteiger partial charge in [-0.15, -0.1) is 11.3 Å². The van der Waals surface area contributed by atoms with Crippen molar-refractivity contribution in [2.75, 3.05) is 0 Å². The fraction of sp³-hybridized carbons (Fsp3) is 0.667. The highest BCUT2D eigenvalue weighted by molar-refractivity contribution is 7.91. The molecule has 0 aliphatic carbocycles. The van der Waals surface area contributed by atoms with Crippen LogP contribution < -0.4 is 4.72 Å². The van der Waals surface area contributed by atoms with Gasteiger partial charge < -0.3 is 5.11 Å². The second-order valence-electron chi connectivity index (χ2n) is 4.40. The van der Waals surface area contributed by atoms with Crippen molar-refractivity contribution in [3.63, 3.8) is 0 Å². The zero-order chi connectivity index (χ0) is 13.6. The van der Waals surface area contributed by atoms with Crippen LogP contribution in [0.5, 0.6) is 0 Å². The van der Waals surface area contributed by atoms with Gasteiger partial charge >= 0.3 is 0 Å². The first-order chi connectivity index (χ1) is 8.49. The van der Waals surface area contributed by atoms with Crippen LogP contribution in [0.2, 0.25) is 0 Å². The molecule has 0 aliphatic rings. The van der Waals surface area contributed by atoms with E-state index in [1.54, 1.807) is 6.07 Å². The van der Waals surface area contributed by atoms with Crippen molar-refractivity contribution in [1.29, 1.82) is 0 Å². The number of hydrogen-bond acceptors (Lipinski definition) is 4. The summed E-state index contributed by atoms with van der Waals surface area (Å²) in [7, 11) is -3.43. The van der Waals surface area contributed by atoms with Crippen LogP contribution in [-0.4, -0.2) is 19.6 Å². The van der Waals surface area contributed by atoms with Crippen molar-refractivity contribution in [1.82, 2.24) is 4.72 Å². The van der Waals surface area contributed by atoms with Crippen LogP contribution in [0.3, 0.4) is 0 Å². The molecule has 1 heterocycles. The SMILES string of the molecule is CCCCCC(C)NS(=O)(=O)c1ccc(CO)s1. The van der Waals surface area contributed by atoms with Crippen LogP contribution in [0.4, 0.5) is 0 Å². The normalized spacial score (nSPS) is 13.7. The van der Waals surface area contributed by atoms with Gasteiger partial charge in [-0.05, 0) is 25.5 Å². The van der Waals surface area contributed by atoms with E-state index in [9.17, 15) is 8.42 Å². The van der Waals surface area contributed by atoms with E-state index < -0.39 is 10.0 Å². The molecular formula is C12H21NO3S2. The summed E-state index contributed by atoms with van der Waals surface area (Å²) in [5, 5.41) is 8.94. The Morgan fingerprint density at radius 3 is 2.67 bits per heavy atom. The summed E-state index contributed by atoms with van der Waals surface area (Å²) in [5.41, 5.74) is 0. The second kappa shape index (κ2) is 7.23. The Morgan fingerprint density at radius 1 is 1.39 bits per heavy atom. The van der Waals surface area contributed by atoms with Gasteiger partial charge in [0.2, 0.25) is 10.0 Å². The molecule has 0 amide bonds. The molecular weight excluding hydrogens is 270 g/mol. The molecule has 1 aromatic heterocycles. The number of unbranched alkanes of at least 4 members (excludes halogenated alkanes) is 2. The Hall–Kier alpha value is -0.430. The lowest BCUT2D eigenvalue weighted by atomic mass is 10.1. The monoisotopic (exact) mass is 291 g/mol. The zero-order valence-corrected chi connectivity index (χ0v) is 12.5. The van der Waals surface area contributed by atoms with E-state index in [4.69, 9.17) is 5.11 Å². The van der Waals surface area contributed by atoms with Gasteiger partial charge in [-0.25, -0.2) is 13.1 Å². The van der Waals surface area contributed by atoms with Gasteiger partial charge in [-0.1, -0.05) is 26.2 Å². The standard InChI is InChI=1S/C12H21NO3S2/c1-3-4-5-6-10(2)13-18(15,16)12-8-7-11(9-14)17-12/h7-8,10,13-14H,3-6,9H2,1-2H3. The highest BCUT2D eigenvalue weighted by Gasteiger charge is 2.19. The molecule has 0 fully saturated rings. The molecule has 0 aromatic carbocycles. The minimum Gasteiger partial charge on any atom is -0.391 e. The molecule has 2 N–H and O–H groups in total. The summed E-state index contributed by atoms with van der Waals surface area (Å²) in [4.78, 5) is 0.661. The number of nitrogens with one attached hydrogen (secondary N) is 1. The maximum Gasteiger partial charge on any atom is 0.250 e. The van der Waals surface area contributed by atoms with Gasteiger partial charge in [-0.3, -0.25) is 0 Å². The summed E-state index contributed by atoms with van der Waals surface area (Å²) in [5.74, 6) is 0. The summed E-state index contributed by atoms with van der Waals surface area (Å²) < 4.78 is 27.0. The van der Waals surface area contributed by atoms with Crippen LogP contribution in [0, 0.1) is 0 Å². The molecule has 0 spiro atoms. The number of thiophene rings is 1. The Morgan fingerprint density at radius 2 is 2.11 bits per heavy atom. The molecule has 1 unspecified atom stereocenters. The van der Waals surface area contributed by atoms with Gasteiger partial charge in [0, 0.05) is 10.9 Å². The van der Waals surface area contributed by atoms with Gasteiger partial charge in [0.15, 0.2) is 0 Å². The number of rotatable bonds is 8. The summed E-state index contributed by atoms with van der Waals surface area (Å²) in [6.45, 7) is 3.89. The summed E-state index contributed by atoms with van der Waals surface area (Å²) >= 11 is 1.11. The second-order valence-corrected chi connectivity index (χ2v) is 7.51. The molecule has 0 saturated carbocycles. The van der Waals surface area contributed by atoms with Crippen LogP contribution >= 0.6 is 11.3 Å². The third-order valence-electron chi connectivity index (χ3n) is 2.65. The highest BCUT2D eigenvalue weighted by Crippen LogP contribution is 2.21. The van der Waals surface area contributed by atoms with Crippen LogP contribution in [0.1, 0.15) is 44.4 Å². The molecule has 1 rings (SSSR count). The Balaban J connectivity index is 2.58. The van der Waals surface area contributed by atoms with Crippen molar-refractivity contribution >= 4 is 21.4 Å². The number of hydrogen-bond donors (Lipinski definition) is 2. The topological polar surface area (TPSA) is 66.4 Å². The average molecular weight is 291 g/mol. The summed E-state index contributed by atoms with van der Waals surface area (Å²) in [6, 6.07) is 3.12. The molecule has 0 saturated heterocycles. The first-order valence-corrected chi connectivity index (χ1v) is 8.51. The largest absolute Gasteiger partial charge is 0.391 e. The Bertz CT molecular complexity index is 454. The third kappa shape index (κ3) is 4.68. The molecule has 4 nitrogen and oxygen atoms in total. The fourth-order valence-corrected chi connectivity index (χ4v) is 4.18. The van der Waals surface area contributed by atoms with Crippen molar-refractivity contribution in [2.45, 2.75) is 56.4 Å². The quantitative estimate of drug-likeness (QED) is 0.723. The maximum atomic E-state index is 12.0. The predicted molar refractivity (Wildman–Crippen MR) is 74.2 cm³/mol. The van der Waals surface area contributed by atoms with E-state index in [0.29, 0.717) is 4.88 Å². The van der Waals surface area contributed by atoms with E-state index in [0.717, 1.165) is 37.0 Å². The lowest BCUT2D eigenvalue weighted by Crippen LogP contribution is -2.32. The van der Waals surface area contributed by atoms with Crippen molar-refractivity contribution in [2.24, 2.45) is 0 Å². The highest BCUT2D eigenvalue weighted by atomic mass is 32.2. The maximum absolute atomic E-state index is 12.0. The average Bonchev–Trinajstić information content (AvgIpc) is 2.78. The molecule has 0 radical (unpaired) electrons. The Labute approximate surface area is 113 Å². The molecule has 0 aliphatic heterocycles. The van der Waals surface area contributed by atoms with Crippen molar-refractivity contribution in [3.8, 4) is 0 Å². The van der Waals surface area contributed by atoms with E-state index in [1.165, 1.54) is 6.07 Å². The smallest absolute Gasteiger partial charge is 0.250 e. The molecule has 1 atom stereocenters. The first kappa shape index (κ1) is 15.6.